The van der Waals surface area contributed by atoms with Gasteiger partial charge in [0.1, 0.15) is 0 Å². The van der Waals surface area contributed by atoms with E-state index in [1.807, 2.05) is 0 Å². The second-order valence-corrected chi connectivity index (χ2v) is 5.80. The third-order valence-electron chi connectivity index (χ3n) is 4.10. The summed E-state index contributed by atoms with van der Waals surface area (Å²) in [7, 11) is 4.27. The van der Waals surface area contributed by atoms with Crippen LogP contribution in [-0.4, -0.2) is 66.8 Å². The summed E-state index contributed by atoms with van der Waals surface area (Å²) in [5.41, 5.74) is 6.20. The molecule has 0 spiro atoms. The van der Waals surface area contributed by atoms with E-state index in [-0.39, 0.29) is 18.7 Å². The normalized spacial score (nSPS) is 26.5. The van der Waals surface area contributed by atoms with Gasteiger partial charge in [-0.25, -0.2) is 0 Å². The molecule has 0 aromatic heterocycles. The van der Waals surface area contributed by atoms with Crippen LogP contribution < -0.4 is 5.73 Å². The smallest absolute Gasteiger partial charge is 0.0602 e. The van der Waals surface area contributed by atoms with Crippen molar-refractivity contribution in [3.63, 3.8) is 0 Å². The number of hydrogen-bond donors (Lipinski definition) is 2. The first kappa shape index (κ1) is 14.9. The van der Waals surface area contributed by atoms with E-state index in [0.717, 1.165) is 6.54 Å². The summed E-state index contributed by atoms with van der Waals surface area (Å²) < 4.78 is 0. The number of hydrogen-bond acceptors (Lipinski definition) is 4. The van der Waals surface area contributed by atoms with Crippen LogP contribution in [-0.2, 0) is 0 Å². The number of likely N-dealkylation sites (tertiary alicyclic amines) is 1. The first-order chi connectivity index (χ1) is 7.97. The lowest BCUT2D eigenvalue weighted by molar-refractivity contribution is 0.0476. The summed E-state index contributed by atoms with van der Waals surface area (Å²) in [6.45, 7) is 6.65. The Labute approximate surface area is 106 Å². The van der Waals surface area contributed by atoms with Gasteiger partial charge < -0.3 is 15.7 Å². The molecule has 4 heteroatoms. The lowest BCUT2D eigenvalue weighted by Crippen LogP contribution is -2.57. The SMILES string of the molecule is CC(C)C(N)C(CO)N(C)C1CCCN(C)C1. The third kappa shape index (κ3) is 3.91. The van der Waals surface area contributed by atoms with Gasteiger partial charge in [-0.15, -0.1) is 0 Å². The van der Waals surface area contributed by atoms with Gasteiger partial charge in [0, 0.05) is 24.7 Å². The second-order valence-electron chi connectivity index (χ2n) is 5.80. The lowest BCUT2D eigenvalue weighted by atomic mass is 9.94. The Morgan fingerprint density at radius 1 is 1.47 bits per heavy atom. The molecule has 102 valence electrons. The zero-order valence-electron chi connectivity index (χ0n) is 11.8. The predicted molar refractivity (Wildman–Crippen MR) is 72.0 cm³/mol. The zero-order valence-corrected chi connectivity index (χ0v) is 11.8. The highest BCUT2D eigenvalue weighted by molar-refractivity contribution is 4.88. The van der Waals surface area contributed by atoms with Crippen LogP contribution >= 0.6 is 0 Å². The highest BCUT2D eigenvalue weighted by atomic mass is 16.3. The molecule has 4 nitrogen and oxygen atoms in total. The second kappa shape index (κ2) is 6.69. The molecular weight excluding hydrogens is 214 g/mol. The fraction of sp³-hybridized carbons (Fsp3) is 1.00. The minimum atomic E-state index is 0.0391. The highest BCUT2D eigenvalue weighted by Crippen LogP contribution is 2.18. The van der Waals surface area contributed by atoms with E-state index < -0.39 is 0 Å². The maximum absolute atomic E-state index is 9.58. The number of aliphatic hydroxyl groups is 1. The molecule has 1 saturated heterocycles. The summed E-state index contributed by atoms with van der Waals surface area (Å²) in [5, 5.41) is 9.58. The van der Waals surface area contributed by atoms with E-state index in [1.165, 1.54) is 19.4 Å². The molecule has 0 bridgehead atoms. The maximum Gasteiger partial charge on any atom is 0.0602 e. The van der Waals surface area contributed by atoms with Crippen molar-refractivity contribution in [2.75, 3.05) is 33.8 Å². The van der Waals surface area contributed by atoms with Crippen molar-refractivity contribution in [1.82, 2.24) is 9.80 Å². The van der Waals surface area contributed by atoms with Crippen molar-refractivity contribution in [2.24, 2.45) is 11.7 Å². The summed E-state index contributed by atoms with van der Waals surface area (Å²) in [5.74, 6) is 0.399. The van der Waals surface area contributed by atoms with E-state index in [0.29, 0.717) is 12.0 Å². The van der Waals surface area contributed by atoms with Crippen molar-refractivity contribution in [1.29, 1.82) is 0 Å². The molecule has 1 fully saturated rings. The molecule has 3 N–H and O–H groups in total. The Morgan fingerprint density at radius 2 is 2.12 bits per heavy atom. The maximum atomic E-state index is 9.58. The van der Waals surface area contributed by atoms with Gasteiger partial charge in [-0.2, -0.15) is 0 Å². The van der Waals surface area contributed by atoms with E-state index >= 15 is 0 Å². The molecule has 0 aromatic rings. The molecule has 1 rings (SSSR count). The number of nitrogens with two attached hydrogens (primary N) is 1. The van der Waals surface area contributed by atoms with Crippen molar-refractivity contribution in [3.8, 4) is 0 Å². The first-order valence-electron chi connectivity index (χ1n) is 6.74. The molecule has 0 amide bonds. The molecule has 1 aliphatic heterocycles. The third-order valence-corrected chi connectivity index (χ3v) is 4.10. The standard InChI is InChI=1S/C13H29N3O/c1-10(2)13(14)12(9-17)16(4)11-6-5-7-15(3)8-11/h10-13,17H,5-9,14H2,1-4H3. The van der Waals surface area contributed by atoms with Gasteiger partial charge in [-0.05, 0) is 39.4 Å². The van der Waals surface area contributed by atoms with Crippen LogP contribution in [0.1, 0.15) is 26.7 Å². The molecule has 0 saturated carbocycles. The van der Waals surface area contributed by atoms with Gasteiger partial charge in [0.05, 0.1) is 6.61 Å². The van der Waals surface area contributed by atoms with Crippen LogP contribution in [0.3, 0.4) is 0 Å². The molecule has 17 heavy (non-hydrogen) atoms. The zero-order chi connectivity index (χ0) is 13.0. The summed E-state index contributed by atoms with van der Waals surface area (Å²) in [6.07, 6.45) is 2.45. The van der Waals surface area contributed by atoms with E-state index in [2.05, 4.69) is 37.7 Å². The quantitative estimate of drug-likeness (QED) is 0.732. The average Bonchev–Trinajstić information content (AvgIpc) is 2.29. The van der Waals surface area contributed by atoms with Gasteiger partial charge in [-0.1, -0.05) is 13.8 Å². The topological polar surface area (TPSA) is 52.7 Å². The van der Waals surface area contributed by atoms with E-state index in [4.69, 9.17) is 5.73 Å². The molecule has 3 unspecified atom stereocenters. The molecule has 3 atom stereocenters. The predicted octanol–water partition coefficient (Wildman–Crippen LogP) is 0.357. The van der Waals surface area contributed by atoms with Crippen LogP contribution in [0, 0.1) is 5.92 Å². The monoisotopic (exact) mass is 243 g/mol. The van der Waals surface area contributed by atoms with Crippen molar-refractivity contribution >= 4 is 0 Å². The Bertz CT molecular complexity index is 223. The Hall–Kier alpha value is -0.160. The summed E-state index contributed by atoms with van der Waals surface area (Å²) >= 11 is 0. The molecular formula is C13H29N3O. The molecule has 1 aliphatic rings. The fourth-order valence-corrected chi connectivity index (χ4v) is 2.71. The molecule has 0 aromatic carbocycles. The number of rotatable bonds is 5. The van der Waals surface area contributed by atoms with E-state index in [1.54, 1.807) is 0 Å². The number of nitrogens with zero attached hydrogens (tertiary/aromatic N) is 2. The highest BCUT2D eigenvalue weighted by Gasteiger charge is 2.30. The molecule has 0 aliphatic carbocycles. The van der Waals surface area contributed by atoms with Crippen LogP contribution in [0.25, 0.3) is 0 Å². The van der Waals surface area contributed by atoms with Crippen molar-refractivity contribution in [2.45, 2.75) is 44.8 Å². The van der Waals surface area contributed by atoms with Gasteiger partial charge in [0.15, 0.2) is 0 Å². The van der Waals surface area contributed by atoms with Crippen molar-refractivity contribution in [3.05, 3.63) is 0 Å². The van der Waals surface area contributed by atoms with Gasteiger partial charge in [0.25, 0.3) is 0 Å². The van der Waals surface area contributed by atoms with Gasteiger partial charge in [-0.3, -0.25) is 4.90 Å². The molecule has 0 radical (unpaired) electrons. The Kier molecular flexibility index (Phi) is 5.86. The average molecular weight is 243 g/mol. The summed E-state index contributed by atoms with van der Waals surface area (Å²) in [4.78, 5) is 4.65. The number of aliphatic hydroxyl groups excluding tert-OH is 1. The lowest BCUT2D eigenvalue weighted by Gasteiger charge is -2.42. The molecule has 1 heterocycles. The van der Waals surface area contributed by atoms with Crippen molar-refractivity contribution < 1.29 is 5.11 Å². The summed E-state index contributed by atoms with van der Waals surface area (Å²) in [6, 6.07) is 0.638. The van der Waals surface area contributed by atoms with Crippen LogP contribution in [0.5, 0.6) is 0 Å². The van der Waals surface area contributed by atoms with Crippen LogP contribution in [0.15, 0.2) is 0 Å². The van der Waals surface area contributed by atoms with Gasteiger partial charge >= 0.3 is 0 Å². The number of likely N-dealkylation sites (N-methyl/N-ethyl adjacent to an activating group) is 2. The fourth-order valence-electron chi connectivity index (χ4n) is 2.71. The van der Waals surface area contributed by atoms with Crippen LogP contribution in [0.4, 0.5) is 0 Å². The Balaban J connectivity index is 2.61. The first-order valence-corrected chi connectivity index (χ1v) is 6.74. The minimum absolute atomic E-state index is 0.0391. The van der Waals surface area contributed by atoms with Gasteiger partial charge in [0.2, 0.25) is 0 Å². The largest absolute Gasteiger partial charge is 0.395 e. The minimum Gasteiger partial charge on any atom is -0.395 e. The van der Waals surface area contributed by atoms with Crippen LogP contribution in [0.2, 0.25) is 0 Å². The Morgan fingerprint density at radius 3 is 2.59 bits per heavy atom. The number of piperidine rings is 1. The van der Waals surface area contributed by atoms with E-state index in [9.17, 15) is 5.11 Å².